The Bertz CT molecular complexity index is 401. The summed E-state index contributed by atoms with van der Waals surface area (Å²) in [6.45, 7) is 5.88. The molecule has 3 nitrogen and oxygen atoms in total. The fraction of sp³-hybridized carbons (Fsp3) is 0.455. The molecule has 0 atom stereocenters. The lowest BCUT2D eigenvalue weighted by Crippen LogP contribution is -2.32. The van der Waals surface area contributed by atoms with Crippen LogP contribution in [0.3, 0.4) is 0 Å². The van der Waals surface area contributed by atoms with Crippen molar-refractivity contribution in [3.8, 4) is 6.07 Å². The molecule has 0 saturated carbocycles. The molecular weight excluding hydrogens is 208 g/mol. The molecule has 1 aromatic heterocycles. The Morgan fingerprint density at radius 3 is 2.80 bits per heavy atom. The fourth-order valence-electron chi connectivity index (χ4n) is 1.03. The van der Waals surface area contributed by atoms with Gasteiger partial charge in [0, 0.05) is 6.54 Å². The Balaban J connectivity index is 2.59. The monoisotopic (exact) mass is 222 g/mol. The quantitative estimate of drug-likeness (QED) is 0.853. The van der Waals surface area contributed by atoms with E-state index in [0.717, 1.165) is 10.4 Å². The average Bonchev–Trinajstić information content (AvgIpc) is 2.61. The third-order valence-electron chi connectivity index (χ3n) is 2.06. The van der Waals surface area contributed by atoms with Gasteiger partial charge in [-0.1, -0.05) is 0 Å². The van der Waals surface area contributed by atoms with Crippen molar-refractivity contribution >= 4 is 17.2 Å². The van der Waals surface area contributed by atoms with Gasteiger partial charge in [-0.2, -0.15) is 5.26 Å². The van der Waals surface area contributed by atoms with Gasteiger partial charge in [-0.25, -0.2) is 0 Å². The zero-order chi connectivity index (χ0) is 11.5. The van der Waals surface area contributed by atoms with Crippen molar-refractivity contribution < 1.29 is 4.79 Å². The predicted molar refractivity (Wildman–Crippen MR) is 60.8 cm³/mol. The predicted octanol–water partition coefficient (Wildman–Crippen LogP) is 2.34. The number of hydrogen-bond acceptors (Lipinski definition) is 3. The van der Waals surface area contributed by atoms with Gasteiger partial charge in [-0.15, -0.1) is 11.3 Å². The van der Waals surface area contributed by atoms with E-state index in [4.69, 9.17) is 5.26 Å². The van der Waals surface area contributed by atoms with Gasteiger partial charge in [-0.3, -0.25) is 4.79 Å². The molecule has 80 valence electrons. The molecule has 0 aliphatic rings. The van der Waals surface area contributed by atoms with Gasteiger partial charge in [0.1, 0.15) is 0 Å². The summed E-state index contributed by atoms with van der Waals surface area (Å²) in [5.41, 5.74) is 0.466. The lowest BCUT2D eigenvalue weighted by atomic mass is 9.96. The number of thiophene rings is 1. The summed E-state index contributed by atoms with van der Waals surface area (Å²) < 4.78 is 0. The van der Waals surface area contributed by atoms with Gasteiger partial charge in [0.05, 0.1) is 16.4 Å². The van der Waals surface area contributed by atoms with Crippen molar-refractivity contribution in [1.29, 1.82) is 5.26 Å². The Labute approximate surface area is 93.7 Å². The van der Waals surface area contributed by atoms with Crippen LogP contribution in [0.2, 0.25) is 0 Å². The van der Waals surface area contributed by atoms with Gasteiger partial charge < -0.3 is 5.32 Å². The smallest absolute Gasteiger partial charge is 0.261 e. The molecule has 1 amide bonds. The first kappa shape index (κ1) is 11.7. The van der Waals surface area contributed by atoms with E-state index in [0.29, 0.717) is 6.54 Å². The van der Waals surface area contributed by atoms with E-state index in [-0.39, 0.29) is 5.91 Å². The highest BCUT2D eigenvalue weighted by Crippen LogP contribution is 2.16. The van der Waals surface area contributed by atoms with Crippen LogP contribution < -0.4 is 5.32 Å². The molecule has 1 N–H and O–H groups in total. The maximum absolute atomic E-state index is 11.7. The topological polar surface area (TPSA) is 52.9 Å². The number of aryl methyl sites for hydroxylation is 1. The highest BCUT2D eigenvalue weighted by atomic mass is 32.1. The molecule has 0 radical (unpaired) electrons. The zero-order valence-electron chi connectivity index (χ0n) is 9.13. The summed E-state index contributed by atoms with van der Waals surface area (Å²) in [7, 11) is 0. The second kappa shape index (κ2) is 4.45. The molecule has 15 heavy (non-hydrogen) atoms. The van der Waals surface area contributed by atoms with Crippen LogP contribution in [0.4, 0.5) is 0 Å². The van der Waals surface area contributed by atoms with Crippen LogP contribution in [0, 0.1) is 23.7 Å². The molecule has 0 bridgehead atoms. The average molecular weight is 222 g/mol. The fourth-order valence-corrected chi connectivity index (χ4v) is 1.87. The van der Waals surface area contributed by atoms with Crippen molar-refractivity contribution in [1.82, 2.24) is 5.32 Å². The van der Waals surface area contributed by atoms with Gasteiger partial charge in [0.25, 0.3) is 5.91 Å². The molecule has 0 aliphatic heterocycles. The summed E-state index contributed by atoms with van der Waals surface area (Å²) in [6, 6.07) is 4.06. The summed E-state index contributed by atoms with van der Waals surface area (Å²) in [5, 5.41) is 13.4. The SMILES string of the molecule is Cc1ccsc1C(=O)NCC(C)(C)C#N. The molecule has 0 aromatic carbocycles. The number of carbonyl (C=O) groups is 1. The summed E-state index contributed by atoms with van der Waals surface area (Å²) in [6.07, 6.45) is 0. The van der Waals surface area contributed by atoms with E-state index in [1.165, 1.54) is 11.3 Å². The largest absolute Gasteiger partial charge is 0.350 e. The van der Waals surface area contributed by atoms with Crippen molar-refractivity contribution in [2.45, 2.75) is 20.8 Å². The van der Waals surface area contributed by atoms with E-state index >= 15 is 0 Å². The number of nitrogens with zero attached hydrogens (tertiary/aromatic N) is 1. The summed E-state index contributed by atoms with van der Waals surface area (Å²) >= 11 is 1.42. The van der Waals surface area contributed by atoms with E-state index in [1.807, 2.05) is 18.4 Å². The molecular formula is C11H14N2OS. The van der Waals surface area contributed by atoms with Crippen molar-refractivity contribution in [2.24, 2.45) is 5.41 Å². The molecule has 0 saturated heterocycles. The Morgan fingerprint density at radius 1 is 1.67 bits per heavy atom. The van der Waals surface area contributed by atoms with Crippen LogP contribution in [0.25, 0.3) is 0 Å². The van der Waals surface area contributed by atoms with Gasteiger partial charge >= 0.3 is 0 Å². The third kappa shape index (κ3) is 3.07. The summed E-state index contributed by atoms with van der Waals surface area (Å²) in [5.74, 6) is -0.0918. The Hall–Kier alpha value is -1.34. The number of nitrogens with one attached hydrogen (secondary N) is 1. The number of amides is 1. The highest BCUT2D eigenvalue weighted by molar-refractivity contribution is 7.12. The first-order valence-electron chi connectivity index (χ1n) is 4.70. The second-order valence-corrected chi connectivity index (χ2v) is 5.03. The van der Waals surface area contributed by atoms with E-state index in [1.54, 1.807) is 13.8 Å². The highest BCUT2D eigenvalue weighted by Gasteiger charge is 2.19. The number of carbonyl (C=O) groups excluding carboxylic acids is 1. The normalized spacial score (nSPS) is 10.8. The molecule has 4 heteroatoms. The van der Waals surface area contributed by atoms with E-state index in [9.17, 15) is 4.79 Å². The maximum Gasteiger partial charge on any atom is 0.261 e. The number of hydrogen-bond donors (Lipinski definition) is 1. The molecule has 0 unspecified atom stereocenters. The van der Waals surface area contributed by atoms with Crippen LogP contribution in [-0.2, 0) is 0 Å². The zero-order valence-corrected chi connectivity index (χ0v) is 9.94. The minimum Gasteiger partial charge on any atom is -0.350 e. The first-order valence-corrected chi connectivity index (χ1v) is 5.58. The lowest BCUT2D eigenvalue weighted by molar-refractivity contribution is 0.0947. The third-order valence-corrected chi connectivity index (χ3v) is 3.08. The van der Waals surface area contributed by atoms with Gasteiger partial charge in [-0.05, 0) is 37.8 Å². The Kier molecular flexibility index (Phi) is 3.48. The second-order valence-electron chi connectivity index (χ2n) is 4.11. The number of rotatable bonds is 3. The standard InChI is InChI=1S/C11H14N2OS/c1-8-4-5-15-9(8)10(14)13-7-11(2,3)6-12/h4-5H,7H2,1-3H3,(H,13,14). The molecule has 0 fully saturated rings. The molecule has 0 aliphatic carbocycles. The van der Waals surface area contributed by atoms with Gasteiger partial charge in [0.2, 0.25) is 0 Å². The number of nitriles is 1. The first-order chi connectivity index (χ1) is 6.96. The Morgan fingerprint density at radius 2 is 2.33 bits per heavy atom. The van der Waals surface area contributed by atoms with Crippen molar-refractivity contribution in [3.63, 3.8) is 0 Å². The summed E-state index contributed by atoms with van der Waals surface area (Å²) in [4.78, 5) is 12.4. The van der Waals surface area contributed by atoms with Crippen LogP contribution in [0.15, 0.2) is 11.4 Å². The van der Waals surface area contributed by atoms with Crippen molar-refractivity contribution in [2.75, 3.05) is 6.54 Å². The van der Waals surface area contributed by atoms with Crippen molar-refractivity contribution in [3.05, 3.63) is 21.9 Å². The lowest BCUT2D eigenvalue weighted by Gasteiger charge is -2.15. The van der Waals surface area contributed by atoms with E-state index < -0.39 is 5.41 Å². The molecule has 1 aromatic rings. The van der Waals surface area contributed by atoms with E-state index in [2.05, 4.69) is 11.4 Å². The maximum atomic E-state index is 11.7. The minimum atomic E-state index is -0.513. The van der Waals surface area contributed by atoms with Gasteiger partial charge in [0.15, 0.2) is 0 Å². The molecule has 1 heterocycles. The van der Waals surface area contributed by atoms with Crippen LogP contribution >= 0.6 is 11.3 Å². The van der Waals surface area contributed by atoms with Crippen LogP contribution in [0.1, 0.15) is 29.1 Å². The minimum absolute atomic E-state index is 0.0918. The molecule has 1 rings (SSSR count). The van der Waals surface area contributed by atoms with Crippen LogP contribution in [0.5, 0.6) is 0 Å². The molecule has 0 spiro atoms. The van der Waals surface area contributed by atoms with Crippen LogP contribution in [-0.4, -0.2) is 12.5 Å².